The van der Waals surface area contributed by atoms with Crippen molar-refractivity contribution < 1.29 is 38.3 Å². The van der Waals surface area contributed by atoms with E-state index in [4.69, 9.17) is 4.74 Å². The first-order chi connectivity index (χ1) is 14.3. The lowest BCUT2D eigenvalue weighted by atomic mass is 9.35. The van der Waals surface area contributed by atoms with Gasteiger partial charge in [-0.1, -0.05) is 13.8 Å². The van der Waals surface area contributed by atoms with Gasteiger partial charge in [0.1, 0.15) is 11.5 Å². The highest BCUT2D eigenvalue weighted by Crippen LogP contribution is 2.76. The van der Waals surface area contributed by atoms with Crippen LogP contribution in [-0.4, -0.2) is 61.1 Å². The van der Waals surface area contributed by atoms with Crippen LogP contribution in [0, 0.1) is 22.7 Å². The van der Waals surface area contributed by atoms with E-state index in [-0.39, 0.29) is 18.0 Å². The smallest absolute Gasteiger partial charge is 0.392 e. The fraction of sp³-hybridized carbons (Fsp3) is 0.857. The number of aliphatic hydroxyl groups is 4. The number of alkyl halides is 3. The number of aromatic amines is 1. The van der Waals surface area contributed by atoms with Crippen molar-refractivity contribution in [3.05, 3.63) is 17.2 Å². The van der Waals surface area contributed by atoms with Gasteiger partial charge < -0.3 is 30.1 Å². The van der Waals surface area contributed by atoms with E-state index in [1.807, 2.05) is 13.8 Å². The Morgan fingerprint density at radius 2 is 1.81 bits per heavy atom. The minimum atomic E-state index is -4.72. The van der Waals surface area contributed by atoms with Crippen molar-refractivity contribution in [3.63, 3.8) is 0 Å². The molecule has 0 radical (unpaired) electrons. The number of ether oxygens (including phenoxy) is 1. The fourth-order valence-corrected chi connectivity index (χ4v) is 8.53. The van der Waals surface area contributed by atoms with Crippen molar-refractivity contribution in [2.24, 2.45) is 22.7 Å². The Morgan fingerprint density at radius 1 is 1.10 bits per heavy atom. The number of hydrogen-bond donors (Lipinski definition) is 5. The highest BCUT2D eigenvalue weighted by molar-refractivity contribution is 5.48. The van der Waals surface area contributed by atoms with Crippen molar-refractivity contribution in [2.45, 2.75) is 81.1 Å². The molecule has 6 aliphatic rings. The molecule has 2 spiro atoms. The van der Waals surface area contributed by atoms with E-state index in [2.05, 4.69) is 9.97 Å². The monoisotopic (exact) mass is 444 g/mol. The molecule has 2 aliphatic heterocycles. The summed E-state index contributed by atoms with van der Waals surface area (Å²) in [6.07, 6.45) is -6.41. The Kier molecular flexibility index (Phi) is 3.60. The number of rotatable bonds is 0. The minimum Gasteiger partial charge on any atom is -0.392 e. The molecule has 2 saturated heterocycles. The summed E-state index contributed by atoms with van der Waals surface area (Å²) in [7, 11) is 0. The molecular weight excluding hydrogens is 417 g/mol. The highest BCUT2D eigenvalue weighted by atomic mass is 19.4. The Morgan fingerprint density at radius 3 is 2.48 bits per heavy atom. The number of nitrogens with zero attached hydrogens (tertiary/aromatic N) is 1. The molecule has 0 amide bonds. The van der Waals surface area contributed by atoms with Crippen molar-refractivity contribution in [2.75, 3.05) is 6.61 Å². The fourth-order valence-electron chi connectivity index (χ4n) is 8.53. The van der Waals surface area contributed by atoms with Crippen LogP contribution in [-0.2, 0) is 16.3 Å². The molecule has 5 fully saturated rings. The second-order valence-electron chi connectivity index (χ2n) is 11.0. The molecule has 4 aliphatic carbocycles. The quantitative estimate of drug-likeness (QED) is 0.413. The minimum absolute atomic E-state index is 0.0223. The van der Waals surface area contributed by atoms with Gasteiger partial charge in [-0.05, 0) is 37.0 Å². The number of nitrogens with one attached hydrogen (secondary N) is 1. The largest absolute Gasteiger partial charge is 0.449 e. The first kappa shape index (κ1) is 20.4. The molecule has 7 rings (SSSR count). The Hall–Kier alpha value is -1.20. The molecule has 5 N–H and O–H groups in total. The molecule has 172 valence electrons. The maximum absolute atomic E-state index is 13.5. The predicted molar refractivity (Wildman–Crippen MR) is 98.6 cm³/mol. The van der Waals surface area contributed by atoms with Crippen LogP contribution in [0.15, 0.2) is 0 Å². The van der Waals surface area contributed by atoms with E-state index in [1.165, 1.54) is 0 Å². The first-order valence-electron chi connectivity index (χ1n) is 10.9. The van der Waals surface area contributed by atoms with Crippen molar-refractivity contribution >= 4 is 0 Å². The summed E-state index contributed by atoms with van der Waals surface area (Å²) in [6, 6.07) is 0. The topological polar surface area (TPSA) is 119 Å². The molecule has 1 aromatic heterocycles. The van der Waals surface area contributed by atoms with Crippen LogP contribution in [0.2, 0.25) is 0 Å². The van der Waals surface area contributed by atoms with Crippen LogP contribution in [0.3, 0.4) is 0 Å². The van der Waals surface area contributed by atoms with Crippen molar-refractivity contribution in [1.82, 2.24) is 9.97 Å². The molecule has 9 atom stereocenters. The van der Waals surface area contributed by atoms with Crippen LogP contribution in [0.25, 0.3) is 0 Å². The number of halogens is 3. The summed E-state index contributed by atoms with van der Waals surface area (Å²) >= 11 is 0. The summed E-state index contributed by atoms with van der Waals surface area (Å²) in [5, 5.41) is 46.1. The molecule has 1 aromatic rings. The van der Waals surface area contributed by atoms with Crippen LogP contribution in [0.4, 0.5) is 13.2 Å². The van der Waals surface area contributed by atoms with Crippen molar-refractivity contribution in [1.29, 1.82) is 0 Å². The molecular formula is C21H27F3N2O5. The zero-order valence-electron chi connectivity index (χ0n) is 17.3. The van der Waals surface area contributed by atoms with Gasteiger partial charge in [0.2, 0.25) is 11.6 Å². The number of fused-ring (bicyclic) bond motifs is 4. The molecule has 4 bridgehead atoms. The lowest BCUT2D eigenvalue weighted by molar-refractivity contribution is -0.449. The van der Waals surface area contributed by atoms with Crippen LogP contribution in [0.1, 0.15) is 62.7 Å². The molecule has 3 heterocycles. The molecule has 10 heteroatoms. The predicted octanol–water partition coefficient (Wildman–Crippen LogP) is 1.41. The van der Waals surface area contributed by atoms with Gasteiger partial charge in [-0.2, -0.15) is 13.2 Å². The van der Waals surface area contributed by atoms with Crippen LogP contribution < -0.4 is 0 Å². The Balaban J connectivity index is 1.65. The molecule has 7 nitrogen and oxygen atoms in total. The summed E-state index contributed by atoms with van der Waals surface area (Å²) in [5.41, 5.74) is -3.11. The van der Waals surface area contributed by atoms with Crippen molar-refractivity contribution in [3.8, 4) is 0 Å². The standard InChI is InChI=1S/C21H27F3N2O5/c1-17(2)6-5-10(27)18-7-31-20(30,15(29)12(17)18)19-9(18)4-3-8(14(19)28)11-13(19)26-16(25-11)21(22,23)24/h8-10,12,14-15,27-30H,3-7H2,1-2H3,(H,25,26)/t8-,9?,10-,12?,14+,15-,18+,19?,20-/m0/s1. The maximum Gasteiger partial charge on any atom is 0.449 e. The second-order valence-corrected chi connectivity index (χ2v) is 11.0. The molecule has 3 unspecified atom stereocenters. The maximum atomic E-state index is 13.5. The number of hydrogen-bond acceptors (Lipinski definition) is 6. The summed E-state index contributed by atoms with van der Waals surface area (Å²) in [5.74, 6) is -5.30. The third kappa shape index (κ3) is 1.92. The second kappa shape index (κ2) is 5.47. The molecule has 3 saturated carbocycles. The van der Waals surface area contributed by atoms with E-state index < -0.39 is 70.1 Å². The van der Waals surface area contributed by atoms with Gasteiger partial charge in [0.15, 0.2) is 0 Å². The van der Waals surface area contributed by atoms with E-state index >= 15 is 0 Å². The first-order valence-corrected chi connectivity index (χ1v) is 10.9. The summed E-state index contributed by atoms with van der Waals surface area (Å²) in [6.45, 7) is 3.93. The van der Waals surface area contributed by atoms with Gasteiger partial charge in [0, 0.05) is 22.9 Å². The third-order valence-electron chi connectivity index (χ3n) is 9.53. The Bertz CT molecular complexity index is 965. The lowest BCUT2D eigenvalue weighted by Crippen LogP contribution is -2.86. The van der Waals surface area contributed by atoms with E-state index in [0.717, 1.165) is 0 Å². The highest BCUT2D eigenvalue weighted by Gasteiger charge is 2.85. The number of H-pyrrole nitrogens is 1. The van der Waals surface area contributed by atoms with E-state index in [0.29, 0.717) is 25.7 Å². The average molecular weight is 444 g/mol. The number of aromatic nitrogens is 2. The average Bonchev–Trinajstić information content (AvgIpc) is 3.16. The summed E-state index contributed by atoms with van der Waals surface area (Å²) < 4.78 is 46.3. The van der Waals surface area contributed by atoms with Gasteiger partial charge in [-0.25, -0.2) is 4.98 Å². The third-order valence-corrected chi connectivity index (χ3v) is 9.53. The number of aliphatic hydroxyl groups excluding tert-OH is 3. The van der Waals surface area contributed by atoms with E-state index in [9.17, 15) is 33.6 Å². The Labute approximate surface area is 176 Å². The lowest BCUT2D eigenvalue weighted by Gasteiger charge is -2.75. The number of imidazole rings is 1. The van der Waals surface area contributed by atoms with Gasteiger partial charge in [-0.3, -0.25) is 0 Å². The van der Waals surface area contributed by atoms with Gasteiger partial charge in [0.25, 0.3) is 0 Å². The SMILES string of the molecule is CC1(C)CC[C@H](O)[C@]23CO[C@@](O)([C@@H](O)C12)C12c4nc(C(F)(F)F)[nH]c4[C@H](CCC13)[C@H]2O. The van der Waals surface area contributed by atoms with Gasteiger partial charge in [-0.15, -0.1) is 0 Å². The molecule has 31 heavy (non-hydrogen) atoms. The van der Waals surface area contributed by atoms with Gasteiger partial charge >= 0.3 is 6.18 Å². The van der Waals surface area contributed by atoms with Gasteiger partial charge in [0.05, 0.1) is 24.5 Å². The normalized spacial score (nSPS) is 51.9. The zero-order valence-corrected chi connectivity index (χ0v) is 17.3. The zero-order chi connectivity index (χ0) is 22.4. The van der Waals surface area contributed by atoms with E-state index in [1.54, 1.807) is 0 Å². The van der Waals surface area contributed by atoms with Crippen LogP contribution >= 0.6 is 0 Å². The molecule has 0 aromatic carbocycles. The summed E-state index contributed by atoms with van der Waals surface area (Å²) in [4.78, 5) is 6.20. The van der Waals surface area contributed by atoms with Crippen LogP contribution in [0.5, 0.6) is 0 Å².